The van der Waals surface area contributed by atoms with E-state index in [-0.39, 0.29) is 5.91 Å². The van der Waals surface area contributed by atoms with Crippen molar-refractivity contribution >= 4 is 5.91 Å². The Kier molecular flexibility index (Phi) is 4.53. The van der Waals surface area contributed by atoms with E-state index in [1.165, 1.54) is 11.1 Å². The lowest BCUT2D eigenvalue weighted by molar-refractivity contribution is -0.121. The van der Waals surface area contributed by atoms with Crippen LogP contribution in [-0.2, 0) is 11.2 Å². The number of amides is 1. The van der Waals surface area contributed by atoms with Gasteiger partial charge in [0.1, 0.15) is 6.04 Å². The van der Waals surface area contributed by atoms with Crippen molar-refractivity contribution in [1.82, 2.24) is 5.32 Å². The number of carbonyl (C=O) groups excluding carboxylic acids is 1. The predicted octanol–water partition coefficient (Wildman–Crippen LogP) is 1.96. The van der Waals surface area contributed by atoms with Gasteiger partial charge in [0.2, 0.25) is 5.91 Å². The van der Waals surface area contributed by atoms with Gasteiger partial charge >= 0.3 is 0 Å². The molecule has 0 bridgehead atoms. The Labute approximate surface area is 96.1 Å². The lowest BCUT2D eigenvalue weighted by Gasteiger charge is -2.07. The number of rotatable bonds is 4. The molecule has 1 aromatic carbocycles. The van der Waals surface area contributed by atoms with E-state index >= 15 is 0 Å². The fraction of sp³-hybridized carbons (Fsp3) is 0.385. The molecule has 1 rings (SSSR count). The fourth-order valence-corrected chi connectivity index (χ4v) is 1.48. The van der Waals surface area contributed by atoms with Gasteiger partial charge in [-0.1, -0.05) is 24.3 Å². The second kappa shape index (κ2) is 5.92. The first-order chi connectivity index (χ1) is 7.63. The minimum absolute atomic E-state index is 0.0719. The molecule has 0 radical (unpaired) electrons. The summed E-state index contributed by atoms with van der Waals surface area (Å²) in [5.41, 5.74) is 2.38. The number of carbonyl (C=O) groups is 1. The molecule has 0 heterocycles. The van der Waals surface area contributed by atoms with Crippen LogP contribution in [0.1, 0.15) is 24.5 Å². The number of nitrogens with one attached hydrogen (secondary N) is 1. The Bertz CT molecular complexity index is 407. The van der Waals surface area contributed by atoms with Crippen LogP contribution in [0.4, 0.5) is 0 Å². The lowest BCUT2D eigenvalue weighted by atomic mass is 10.0. The van der Waals surface area contributed by atoms with Crippen molar-refractivity contribution in [2.24, 2.45) is 0 Å². The lowest BCUT2D eigenvalue weighted by Crippen LogP contribution is -2.31. The number of nitriles is 1. The summed E-state index contributed by atoms with van der Waals surface area (Å²) in [5, 5.41) is 11.2. The smallest absolute Gasteiger partial charge is 0.221 e. The van der Waals surface area contributed by atoms with Gasteiger partial charge in [0.15, 0.2) is 0 Å². The van der Waals surface area contributed by atoms with Crippen molar-refractivity contribution in [2.75, 3.05) is 0 Å². The van der Waals surface area contributed by atoms with Crippen molar-refractivity contribution in [3.8, 4) is 6.07 Å². The SMILES string of the molecule is Cc1ccccc1CCC(=O)NC(C)C#N. The third-order valence-corrected chi connectivity index (χ3v) is 2.45. The molecule has 0 aromatic heterocycles. The van der Waals surface area contributed by atoms with Crippen LogP contribution in [0.15, 0.2) is 24.3 Å². The summed E-state index contributed by atoms with van der Waals surface area (Å²) in [5.74, 6) is -0.0719. The van der Waals surface area contributed by atoms with E-state index in [4.69, 9.17) is 5.26 Å². The summed E-state index contributed by atoms with van der Waals surface area (Å²) >= 11 is 0. The number of hydrogen-bond donors (Lipinski definition) is 1. The summed E-state index contributed by atoms with van der Waals surface area (Å²) in [6.07, 6.45) is 1.15. The molecule has 84 valence electrons. The number of nitrogens with zero attached hydrogens (tertiary/aromatic N) is 1. The maximum absolute atomic E-state index is 11.4. The van der Waals surface area contributed by atoms with E-state index in [2.05, 4.69) is 5.32 Å². The molecule has 1 aromatic rings. The summed E-state index contributed by atoms with van der Waals surface area (Å²) in [4.78, 5) is 11.4. The second-order valence-electron chi connectivity index (χ2n) is 3.84. The van der Waals surface area contributed by atoms with Crippen LogP contribution in [0, 0.1) is 18.3 Å². The van der Waals surface area contributed by atoms with Gasteiger partial charge in [-0.05, 0) is 31.4 Å². The zero-order valence-corrected chi connectivity index (χ0v) is 9.66. The van der Waals surface area contributed by atoms with Gasteiger partial charge < -0.3 is 5.32 Å². The summed E-state index contributed by atoms with van der Waals surface area (Å²) in [7, 11) is 0. The molecule has 0 aliphatic carbocycles. The van der Waals surface area contributed by atoms with Crippen LogP contribution in [0.5, 0.6) is 0 Å². The summed E-state index contributed by atoms with van der Waals surface area (Å²) in [6.45, 7) is 3.71. The standard InChI is InChI=1S/C13H16N2O/c1-10-5-3-4-6-12(10)7-8-13(16)15-11(2)9-14/h3-6,11H,7-8H2,1-2H3,(H,15,16). The van der Waals surface area contributed by atoms with Gasteiger partial charge in [0, 0.05) is 6.42 Å². The van der Waals surface area contributed by atoms with Crippen LogP contribution in [0.25, 0.3) is 0 Å². The highest BCUT2D eigenvalue weighted by Crippen LogP contribution is 2.09. The highest BCUT2D eigenvalue weighted by Gasteiger charge is 2.06. The van der Waals surface area contributed by atoms with Gasteiger partial charge in [-0.25, -0.2) is 0 Å². The number of aryl methyl sites for hydroxylation is 2. The van der Waals surface area contributed by atoms with Crippen molar-refractivity contribution < 1.29 is 4.79 Å². The zero-order chi connectivity index (χ0) is 12.0. The molecule has 16 heavy (non-hydrogen) atoms. The molecule has 3 heteroatoms. The molecule has 0 aliphatic heterocycles. The first-order valence-corrected chi connectivity index (χ1v) is 5.37. The molecule has 0 fully saturated rings. The number of hydrogen-bond acceptors (Lipinski definition) is 2. The molecule has 3 nitrogen and oxygen atoms in total. The fourth-order valence-electron chi connectivity index (χ4n) is 1.48. The molecule has 1 amide bonds. The van der Waals surface area contributed by atoms with Crippen LogP contribution >= 0.6 is 0 Å². The largest absolute Gasteiger partial charge is 0.341 e. The molecular weight excluding hydrogens is 200 g/mol. The Morgan fingerprint density at radius 1 is 1.50 bits per heavy atom. The second-order valence-corrected chi connectivity index (χ2v) is 3.84. The highest BCUT2D eigenvalue weighted by atomic mass is 16.1. The third-order valence-electron chi connectivity index (χ3n) is 2.45. The monoisotopic (exact) mass is 216 g/mol. The van der Waals surface area contributed by atoms with Gasteiger partial charge in [-0.3, -0.25) is 4.79 Å². The van der Waals surface area contributed by atoms with Gasteiger partial charge in [0.25, 0.3) is 0 Å². The van der Waals surface area contributed by atoms with Crippen molar-refractivity contribution in [3.05, 3.63) is 35.4 Å². The van der Waals surface area contributed by atoms with Gasteiger partial charge in [-0.2, -0.15) is 5.26 Å². The maximum Gasteiger partial charge on any atom is 0.221 e. The summed E-state index contributed by atoms with van der Waals surface area (Å²) < 4.78 is 0. The molecule has 0 saturated heterocycles. The van der Waals surface area contributed by atoms with Crippen molar-refractivity contribution in [2.45, 2.75) is 32.7 Å². The van der Waals surface area contributed by atoms with E-state index in [0.29, 0.717) is 6.42 Å². The highest BCUT2D eigenvalue weighted by molar-refractivity contribution is 5.76. The molecule has 1 unspecified atom stereocenters. The van der Waals surface area contributed by atoms with Crippen LogP contribution in [-0.4, -0.2) is 11.9 Å². The minimum Gasteiger partial charge on any atom is -0.341 e. The van der Waals surface area contributed by atoms with Crippen molar-refractivity contribution in [1.29, 1.82) is 5.26 Å². The van der Waals surface area contributed by atoms with Crippen LogP contribution in [0.3, 0.4) is 0 Å². The predicted molar refractivity (Wildman–Crippen MR) is 62.7 cm³/mol. The normalized spacial score (nSPS) is 11.6. The molecule has 0 spiro atoms. The average molecular weight is 216 g/mol. The van der Waals surface area contributed by atoms with E-state index in [9.17, 15) is 4.79 Å². The minimum atomic E-state index is -0.413. The van der Waals surface area contributed by atoms with Crippen molar-refractivity contribution in [3.63, 3.8) is 0 Å². The zero-order valence-electron chi connectivity index (χ0n) is 9.66. The Morgan fingerprint density at radius 3 is 2.81 bits per heavy atom. The Morgan fingerprint density at radius 2 is 2.19 bits per heavy atom. The van der Waals surface area contributed by atoms with Gasteiger partial charge in [0.05, 0.1) is 6.07 Å². The van der Waals surface area contributed by atoms with Crippen LogP contribution in [0.2, 0.25) is 0 Å². The molecule has 0 saturated carbocycles. The summed E-state index contributed by atoms with van der Waals surface area (Å²) in [6, 6.07) is 9.57. The molecule has 1 N–H and O–H groups in total. The molecular formula is C13H16N2O. The average Bonchev–Trinajstić information content (AvgIpc) is 2.28. The van der Waals surface area contributed by atoms with E-state index < -0.39 is 6.04 Å². The van der Waals surface area contributed by atoms with Crippen LogP contribution < -0.4 is 5.32 Å². The number of benzene rings is 1. The van der Waals surface area contributed by atoms with Gasteiger partial charge in [-0.15, -0.1) is 0 Å². The topological polar surface area (TPSA) is 52.9 Å². The van der Waals surface area contributed by atoms with E-state index in [0.717, 1.165) is 6.42 Å². The molecule has 1 atom stereocenters. The Hall–Kier alpha value is -1.82. The first kappa shape index (κ1) is 12.3. The first-order valence-electron chi connectivity index (χ1n) is 5.37. The third kappa shape index (κ3) is 3.74. The Balaban J connectivity index is 2.44. The quantitative estimate of drug-likeness (QED) is 0.836. The van der Waals surface area contributed by atoms with E-state index in [1.54, 1.807) is 6.92 Å². The van der Waals surface area contributed by atoms with E-state index in [1.807, 2.05) is 37.3 Å². The maximum atomic E-state index is 11.4. The molecule has 0 aliphatic rings.